The van der Waals surface area contributed by atoms with Gasteiger partial charge >= 0.3 is 0 Å². The molecular weight excluding hydrogens is 280 g/mol. The Labute approximate surface area is 130 Å². The zero-order chi connectivity index (χ0) is 14.7. The Bertz CT molecular complexity index is 588. The minimum Gasteiger partial charge on any atom is -0.368 e. The average Bonchev–Trinajstić information content (AvgIpc) is 3.13. The molecule has 1 aliphatic rings. The monoisotopic (exact) mass is 302 g/mol. The highest BCUT2D eigenvalue weighted by Gasteiger charge is 2.35. The maximum Gasteiger partial charge on any atom is 0.125 e. The summed E-state index contributed by atoms with van der Waals surface area (Å²) in [5, 5.41) is 4.54. The normalized spacial score (nSPS) is 21.8. The molecule has 1 atom stereocenters. The fourth-order valence-electron chi connectivity index (χ4n) is 2.71. The van der Waals surface area contributed by atoms with Gasteiger partial charge < -0.3 is 10.1 Å². The molecule has 2 heterocycles. The first kappa shape index (κ1) is 14.7. The predicted octanol–water partition coefficient (Wildman–Crippen LogP) is 3.95. The fraction of sp³-hybridized carbons (Fsp3) is 0.471. The van der Waals surface area contributed by atoms with E-state index in [1.54, 1.807) is 11.3 Å². The number of ether oxygens (including phenoxy) is 1. The van der Waals surface area contributed by atoms with Crippen LogP contribution < -0.4 is 5.32 Å². The Morgan fingerprint density at radius 2 is 2.14 bits per heavy atom. The van der Waals surface area contributed by atoms with E-state index < -0.39 is 0 Å². The molecule has 3 nitrogen and oxygen atoms in total. The molecule has 1 aromatic carbocycles. The van der Waals surface area contributed by atoms with Gasteiger partial charge in [0.05, 0.1) is 5.69 Å². The lowest BCUT2D eigenvalue weighted by Gasteiger charge is -2.19. The number of rotatable bonds is 5. The Hall–Kier alpha value is -1.23. The maximum atomic E-state index is 5.96. The van der Waals surface area contributed by atoms with Crippen molar-refractivity contribution in [2.24, 2.45) is 0 Å². The topological polar surface area (TPSA) is 34.1 Å². The molecule has 0 saturated carbocycles. The molecule has 4 heteroatoms. The number of thiazole rings is 1. The Morgan fingerprint density at radius 3 is 2.81 bits per heavy atom. The van der Waals surface area contributed by atoms with Crippen LogP contribution in [0.25, 0.3) is 11.3 Å². The van der Waals surface area contributed by atoms with E-state index in [1.165, 1.54) is 10.4 Å². The molecule has 112 valence electrons. The summed E-state index contributed by atoms with van der Waals surface area (Å²) >= 11 is 1.79. The lowest BCUT2D eigenvalue weighted by atomic mass is 10.0. The first-order chi connectivity index (χ1) is 10.2. The largest absolute Gasteiger partial charge is 0.368 e. The molecule has 0 radical (unpaired) electrons. The lowest BCUT2D eigenvalue weighted by molar-refractivity contribution is 0.0167. The van der Waals surface area contributed by atoms with Crippen LogP contribution in [0.5, 0.6) is 0 Å². The summed E-state index contributed by atoms with van der Waals surface area (Å²) in [6, 6.07) is 10.4. The summed E-state index contributed by atoms with van der Waals surface area (Å²) in [6.45, 7) is 6.99. The van der Waals surface area contributed by atoms with E-state index in [2.05, 4.69) is 43.4 Å². The van der Waals surface area contributed by atoms with Gasteiger partial charge in [-0.05, 0) is 26.3 Å². The van der Waals surface area contributed by atoms with Gasteiger partial charge in [0.2, 0.25) is 0 Å². The Balaban J connectivity index is 1.99. The maximum absolute atomic E-state index is 5.96. The van der Waals surface area contributed by atoms with Crippen molar-refractivity contribution in [3.63, 3.8) is 0 Å². The number of hydrogen-bond acceptors (Lipinski definition) is 4. The van der Waals surface area contributed by atoms with Gasteiger partial charge in [0.15, 0.2) is 0 Å². The van der Waals surface area contributed by atoms with E-state index >= 15 is 0 Å². The van der Waals surface area contributed by atoms with Gasteiger partial charge in [-0.1, -0.05) is 37.3 Å². The number of nitrogens with one attached hydrogen (secondary N) is 1. The third kappa shape index (κ3) is 3.03. The summed E-state index contributed by atoms with van der Waals surface area (Å²) in [5.41, 5.74) is 2.10. The number of hydrogen-bond donors (Lipinski definition) is 1. The lowest BCUT2D eigenvalue weighted by Crippen LogP contribution is -2.19. The molecule has 21 heavy (non-hydrogen) atoms. The van der Waals surface area contributed by atoms with Crippen LogP contribution in [0.4, 0.5) is 0 Å². The van der Waals surface area contributed by atoms with Crippen molar-refractivity contribution in [1.82, 2.24) is 10.3 Å². The van der Waals surface area contributed by atoms with Crippen LogP contribution >= 0.6 is 11.3 Å². The summed E-state index contributed by atoms with van der Waals surface area (Å²) in [7, 11) is 0. The molecule has 1 fully saturated rings. The van der Waals surface area contributed by atoms with Crippen molar-refractivity contribution in [2.45, 2.75) is 38.8 Å². The summed E-state index contributed by atoms with van der Waals surface area (Å²) in [6.07, 6.45) is 2.19. The van der Waals surface area contributed by atoms with Gasteiger partial charge in [-0.3, -0.25) is 0 Å². The van der Waals surface area contributed by atoms with Gasteiger partial charge in [-0.25, -0.2) is 4.98 Å². The molecule has 1 N–H and O–H groups in total. The summed E-state index contributed by atoms with van der Waals surface area (Å²) < 4.78 is 5.96. The highest BCUT2D eigenvalue weighted by molar-refractivity contribution is 7.12. The molecular formula is C17H22N2OS. The van der Waals surface area contributed by atoms with Crippen molar-refractivity contribution in [1.29, 1.82) is 0 Å². The van der Waals surface area contributed by atoms with Crippen molar-refractivity contribution < 1.29 is 4.74 Å². The van der Waals surface area contributed by atoms with Gasteiger partial charge in [-0.15, -0.1) is 11.3 Å². The highest BCUT2D eigenvalue weighted by Crippen LogP contribution is 2.40. The van der Waals surface area contributed by atoms with Gasteiger partial charge in [0, 0.05) is 23.6 Å². The van der Waals surface area contributed by atoms with Crippen LogP contribution in [-0.4, -0.2) is 18.1 Å². The van der Waals surface area contributed by atoms with Crippen molar-refractivity contribution in [3.8, 4) is 11.3 Å². The smallest absolute Gasteiger partial charge is 0.125 e. The van der Waals surface area contributed by atoms with E-state index in [-0.39, 0.29) is 5.60 Å². The minimum atomic E-state index is -0.196. The molecule has 1 aromatic heterocycles. The number of nitrogens with zero attached hydrogens (tertiary/aromatic N) is 1. The zero-order valence-electron chi connectivity index (χ0n) is 12.7. The molecule has 0 amide bonds. The molecule has 0 aliphatic carbocycles. The third-order valence-corrected chi connectivity index (χ3v) is 5.25. The summed E-state index contributed by atoms with van der Waals surface area (Å²) in [4.78, 5) is 6.24. The van der Waals surface area contributed by atoms with Crippen molar-refractivity contribution >= 4 is 11.3 Å². The Morgan fingerprint density at radius 1 is 1.33 bits per heavy atom. The molecule has 1 unspecified atom stereocenters. The van der Waals surface area contributed by atoms with Crippen LogP contribution in [0, 0.1) is 0 Å². The standard InChI is InChI=1S/C17H22N2OS/c1-3-18-12-14-15(13-8-5-4-6-9-13)19-16(21-14)17(2)10-7-11-20-17/h4-6,8-9,18H,3,7,10-12H2,1-2H3. The summed E-state index contributed by atoms with van der Waals surface area (Å²) in [5.74, 6) is 0. The number of aromatic nitrogens is 1. The highest BCUT2D eigenvalue weighted by atomic mass is 32.1. The first-order valence-corrected chi connectivity index (χ1v) is 8.45. The molecule has 1 saturated heterocycles. The molecule has 1 aliphatic heterocycles. The first-order valence-electron chi connectivity index (χ1n) is 7.63. The van der Waals surface area contributed by atoms with Crippen molar-refractivity contribution in [2.75, 3.05) is 13.2 Å². The average molecular weight is 302 g/mol. The molecule has 0 bridgehead atoms. The van der Waals surface area contributed by atoms with Gasteiger partial charge in [-0.2, -0.15) is 0 Å². The quantitative estimate of drug-likeness (QED) is 0.908. The van der Waals surface area contributed by atoms with Crippen LogP contribution in [0.1, 0.15) is 36.6 Å². The van der Waals surface area contributed by atoms with Crippen LogP contribution in [0.15, 0.2) is 30.3 Å². The van der Waals surface area contributed by atoms with E-state index in [0.29, 0.717) is 0 Å². The van der Waals surface area contributed by atoms with Gasteiger partial charge in [0.25, 0.3) is 0 Å². The Kier molecular flexibility index (Phi) is 4.38. The van der Waals surface area contributed by atoms with Crippen LogP contribution in [0.2, 0.25) is 0 Å². The van der Waals surface area contributed by atoms with Crippen molar-refractivity contribution in [3.05, 3.63) is 40.2 Å². The molecule has 2 aromatic rings. The zero-order valence-corrected chi connectivity index (χ0v) is 13.5. The van der Waals surface area contributed by atoms with E-state index in [0.717, 1.165) is 43.2 Å². The molecule has 0 spiro atoms. The second-order valence-corrected chi connectivity index (χ2v) is 6.70. The minimum absolute atomic E-state index is 0.196. The van der Waals surface area contributed by atoms with Gasteiger partial charge in [0.1, 0.15) is 10.6 Å². The fourth-order valence-corrected chi connectivity index (χ4v) is 3.89. The molecule has 3 rings (SSSR count). The number of benzene rings is 1. The van der Waals surface area contributed by atoms with E-state index in [9.17, 15) is 0 Å². The van der Waals surface area contributed by atoms with Crippen LogP contribution in [-0.2, 0) is 16.9 Å². The SMILES string of the molecule is CCNCc1sc(C2(C)CCCO2)nc1-c1ccccc1. The third-order valence-electron chi connectivity index (χ3n) is 3.95. The van der Waals surface area contributed by atoms with Crippen LogP contribution in [0.3, 0.4) is 0 Å². The second-order valence-electron chi connectivity index (χ2n) is 5.62. The van der Waals surface area contributed by atoms with E-state index in [4.69, 9.17) is 9.72 Å². The predicted molar refractivity (Wildman–Crippen MR) is 87.5 cm³/mol. The second kappa shape index (κ2) is 6.26. The van der Waals surface area contributed by atoms with E-state index in [1.807, 2.05) is 6.07 Å².